The fourth-order valence-corrected chi connectivity index (χ4v) is 1.94. The quantitative estimate of drug-likeness (QED) is 0.659. The lowest BCUT2D eigenvalue weighted by atomic mass is 10.1. The second-order valence-corrected chi connectivity index (χ2v) is 5.01. The molecule has 3 heteroatoms. The lowest BCUT2D eigenvalue weighted by Gasteiger charge is -2.21. The highest BCUT2D eigenvalue weighted by Crippen LogP contribution is 2.26. The topological polar surface area (TPSA) is 30.7 Å². The first-order valence-corrected chi connectivity index (χ1v) is 5.21. The predicted molar refractivity (Wildman–Crippen MR) is 62.0 cm³/mol. The summed E-state index contributed by atoms with van der Waals surface area (Å²) < 4.78 is 2.21. The number of aryl methyl sites for hydroxylation is 2. The Bertz CT molecular complexity index is 503. The molecule has 0 unspecified atom stereocenters. The van der Waals surface area contributed by atoms with Crippen molar-refractivity contribution in [2.75, 3.05) is 0 Å². The second-order valence-electron chi connectivity index (χ2n) is 5.01. The third-order valence-electron chi connectivity index (χ3n) is 2.68. The molecule has 0 aliphatic rings. The van der Waals surface area contributed by atoms with Gasteiger partial charge in [0.15, 0.2) is 0 Å². The van der Waals surface area contributed by atoms with Crippen molar-refractivity contribution in [1.29, 1.82) is 0 Å². The van der Waals surface area contributed by atoms with E-state index in [1.807, 2.05) is 6.92 Å². The number of nitrogens with zero attached hydrogens (tertiary/aromatic N) is 3. The van der Waals surface area contributed by atoms with E-state index in [-0.39, 0.29) is 5.54 Å². The van der Waals surface area contributed by atoms with Crippen molar-refractivity contribution in [3.63, 3.8) is 0 Å². The van der Waals surface area contributed by atoms with Gasteiger partial charge in [0, 0.05) is 17.1 Å². The van der Waals surface area contributed by atoms with Crippen LogP contribution in [0.5, 0.6) is 0 Å². The molecule has 0 spiro atoms. The van der Waals surface area contributed by atoms with Crippen LogP contribution in [0, 0.1) is 13.8 Å². The van der Waals surface area contributed by atoms with Crippen LogP contribution in [-0.2, 0) is 5.54 Å². The highest BCUT2D eigenvalue weighted by molar-refractivity contribution is 5.82. The van der Waals surface area contributed by atoms with Gasteiger partial charge in [-0.2, -0.15) is 0 Å². The van der Waals surface area contributed by atoms with Gasteiger partial charge in [-0.15, -0.1) is 0 Å². The molecule has 0 radical (unpaired) electrons. The Morgan fingerprint density at radius 2 is 1.80 bits per heavy atom. The molecule has 0 saturated carbocycles. The van der Waals surface area contributed by atoms with Crippen LogP contribution in [0.15, 0.2) is 12.5 Å². The number of hydrogen-bond donors (Lipinski definition) is 0. The predicted octanol–water partition coefficient (Wildman–Crippen LogP) is 2.80. The van der Waals surface area contributed by atoms with Crippen molar-refractivity contribution in [2.24, 2.45) is 0 Å². The zero-order chi connectivity index (χ0) is 11.2. The van der Waals surface area contributed by atoms with Crippen molar-refractivity contribution in [3.8, 4) is 0 Å². The number of rotatable bonds is 0. The van der Waals surface area contributed by atoms with Crippen LogP contribution in [0.1, 0.15) is 32.0 Å². The maximum absolute atomic E-state index is 4.38. The van der Waals surface area contributed by atoms with Gasteiger partial charge < -0.3 is 4.57 Å². The van der Waals surface area contributed by atoms with E-state index in [2.05, 4.69) is 48.4 Å². The van der Waals surface area contributed by atoms with E-state index in [0.29, 0.717) is 0 Å². The molecule has 2 aromatic heterocycles. The molecule has 0 aliphatic heterocycles. The van der Waals surface area contributed by atoms with Crippen molar-refractivity contribution < 1.29 is 0 Å². The maximum Gasteiger partial charge on any atom is 0.144 e. The Hall–Kier alpha value is -1.38. The monoisotopic (exact) mass is 203 g/mol. The minimum Gasteiger partial charge on any atom is -0.327 e. The average Bonchev–Trinajstić information content (AvgIpc) is 2.44. The van der Waals surface area contributed by atoms with Crippen molar-refractivity contribution >= 4 is 11.0 Å². The Kier molecular flexibility index (Phi) is 2.07. The standard InChI is InChI=1S/C12H17N3/c1-8-6-15(12(3,4)5)11-10(8)9(2)13-7-14-11/h6-7H,1-5H3. The van der Waals surface area contributed by atoms with E-state index in [1.165, 1.54) is 10.9 Å². The minimum absolute atomic E-state index is 0.0628. The van der Waals surface area contributed by atoms with E-state index >= 15 is 0 Å². The van der Waals surface area contributed by atoms with E-state index in [4.69, 9.17) is 0 Å². The minimum atomic E-state index is 0.0628. The lowest BCUT2D eigenvalue weighted by Crippen LogP contribution is -2.21. The summed E-state index contributed by atoms with van der Waals surface area (Å²) in [5.74, 6) is 0. The normalized spacial score (nSPS) is 12.3. The van der Waals surface area contributed by atoms with Crippen LogP contribution < -0.4 is 0 Å². The van der Waals surface area contributed by atoms with Crippen LogP contribution >= 0.6 is 0 Å². The molecule has 3 nitrogen and oxygen atoms in total. The van der Waals surface area contributed by atoms with E-state index in [1.54, 1.807) is 6.33 Å². The first-order valence-electron chi connectivity index (χ1n) is 5.21. The lowest BCUT2D eigenvalue weighted by molar-refractivity contribution is 0.408. The zero-order valence-corrected chi connectivity index (χ0v) is 10.00. The first-order chi connectivity index (χ1) is 6.91. The SMILES string of the molecule is Cc1cn(C(C)(C)C)c2ncnc(C)c12. The summed E-state index contributed by atoms with van der Waals surface area (Å²) in [5.41, 5.74) is 3.40. The van der Waals surface area contributed by atoms with Gasteiger partial charge in [0.05, 0.1) is 5.69 Å². The Morgan fingerprint density at radius 3 is 2.40 bits per heavy atom. The Balaban J connectivity index is 2.85. The largest absolute Gasteiger partial charge is 0.327 e. The fraction of sp³-hybridized carbons (Fsp3) is 0.500. The van der Waals surface area contributed by atoms with Crippen molar-refractivity contribution in [2.45, 2.75) is 40.2 Å². The molecule has 0 atom stereocenters. The van der Waals surface area contributed by atoms with Gasteiger partial charge in [-0.3, -0.25) is 0 Å². The highest BCUT2D eigenvalue weighted by Gasteiger charge is 2.18. The third-order valence-corrected chi connectivity index (χ3v) is 2.68. The van der Waals surface area contributed by atoms with Gasteiger partial charge in [0.2, 0.25) is 0 Å². The van der Waals surface area contributed by atoms with Gasteiger partial charge in [-0.1, -0.05) is 0 Å². The van der Waals surface area contributed by atoms with Crippen molar-refractivity contribution in [3.05, 3.63) is 23.8 Å². The van der Waals surface area contributed by atoms with Gasteiger partial charge in [0.1, 0.15) is 12.0 Å². The summed E-state index contributed by atoms with van der Waals surface area (Å²) in [5, 5.41) is 1.19. The number of hydrogen-bond acceptors (Lipinski definition) is 2. The summed E-state index contributed by atoms with van der Waals surface area (Å²) in [7, 11) is 0. The summed E-state index contributed by atoms with van der Waals surface area (Å²) >= 11 is 0. The third kappa shape index (κ3) is 1.52. The number of fused-ring (bicyclic) bond motifs is 1. The molecule has 0 bridgehead atoms. The van der Waals surface area contributed by atoms with Crippen LogP contribution in [-0.4, -0.2) is 14.5 Å². The van der Waals surface area contributed by atoms with E-state index in [0.717, 1.165) is 11.3 Å². The van der Waals surface area contributed by atoms with Crippen LogP contribution in [0.2, 0.25) is 0 Å². The van der Waals surface area contributed by atoms with E-state index in [9.17, 15) is 0 Å². The maximum atomic E-state index is 4.38. The van der Waals surface area contributed by atoms with Crippen molar-refractivity contribution in [1.82, 2.24) is 14.5 Å². The smallest absolute Gasteiger partial charge is 0.144 e. The van der Waals surface area contributed by atoms with Gasteiger partial charge >= 0.3 is 0 Å². The zero-order valence-electron chi connectivity index (χ0n) is 10.00. The van der Waals surface area contributed by atoms with Gasteiger partial charge in [-0.05, 0) is 40.2 Å². The fourth-order valence-electron chi connectivity index (χ4n) is 1.94. The molecule has 15 heavy (non-hydrogen) atoms. The Morgan fingerprint density at radius 1 is 1.13 bits per heavy atom. The molecule has 0 aromatic carbocycles. The molecule has 0 aliphatic carbocycles. The van der Waals surface area contributed by atoms with Gasteiger partial charge in [0.25, 0.3) is 0 Å². The highest BCUT2D eigenvalue weighted by atomic mass is 15.1. The van der Waals surface area contributed by atoms with E-state index < -0.39 is 0 Å². The summed E-state index contributed by atoms with van der Waals surface area (Å²) in [6, 6.07) is 0. The van der Waals surface area contributed by atoms with Crippen LogP contribution in [0.25, 0.3) is 11.0 Å². The molecule has 0 saturated heterocycles. The summed E-state index contributed by atoms with van der Waals surface area (Å²) in [6.45, 7) is 10.7. The summed E-state index contributed by atoms with van der Waals surface area (Å²) in [6.07, 6.45) is 3.80. The van der Waals surface area contributed by atoms with Crippen LogP contribution in [0.4, 0.5) is 0 Å². The molecule has 0 fully saturated rings. The molecule has 2 rings (SSSR count). The first kappa shape index (κ1) is 10.1. The number of aromatic nitrogens is 3. The molecular formula is C12H17N3. The summed E-state index contributed by atoms with van der Waals surface area (Å²) in [4.78, 5) is 8.62. The molecule has 2 aromatic rings. The second kappa shape index (κ2) is 3.05. The van der Waals surface area contributed by atoms with Gasteiger partial charge in [-0.25, -0.2) is 9.97 Å². The average molecular weight is 203 g/mol. The molecule has 0 amide bonds. The Labute approximate surface area is 90.2 Å². The molecule has 80 valence electrons. The molecular weight excluding hydrogens is 186 g/mol. The van der Waals surface area contributed by atoms with Crippen LogP contribution in [0.3, 0.4) is 0 Å². The molecule has 2 heterocycles. The molecule has 0 N–H and O–H groups in total.